The van der Waals surface area contributed by atoms with Gasteiger partial charge in [-0.05, 0) is 43.4 Å². The molecular weight excluding hydrogens is 246 g/mol. The minimum absolute atomic E-state index is 0.182. The SMILES string of the molecule is CCNCC(OC1CCCCC1C)c1ccccc1C. The third-order valence-corrected chi connectivity index (χ3v) is 4.49. The number of aryl methyl sites for hydroxylation is 1. The Labute approximate surface area is 123 Å². The van der Waals surface area contributed by atoms with Gasteiger partial charge in [-0.1, -0.05) is 51.0 Å². The van der Waals surface area contributed by atoms with E-state index in [0.717, 1.165) is 13.1 Å². The predicted octanol–water partition coefficient (Wildman–Crippen LogP) is 4.24. The maximum Gasteiger partial charge on any atom is 0.0955 e. The van der Waals surface area contributed by atoms with Crippen molar-refractivity contribution >= 4 is 0 Å². The van der Waals surface area contributed by atoms with Gasteiger partial charge in [0.1, 0.15) is 0 Å². The average Bonchev–Trinajstić information content (AvgIpc) is 2.46. The molecule has 1 aromatic rings. The van der Waals surface area contributed by atoms with Crippen LogP contribution < -0.4 is 5.32 Å². The molecule has 20 heavy (non-hydrogen) atoms. The van der Waals surface area contributed by atoms with Crippen LogP contribution in [-0.4, -0.2) is 19.2 Å². The normalized spacial score (nSPS) is 24.6. The molecule has 2 heteroatoms. The fourth-order valence-electron chi connectivity index (χ4n) is 3.15. The first-order valence-electron chi connectivity index (χ1n) is 8.14. The standard InChI is InChI=1S/C18H29NO/c1-4-19-13-18(16-11-7-5-9-14(16)2)20-17-12-8-6-10-15(17)3/h5,7,9,11,15,17-19H,4,6,8,10,12-13H2,1-3H3. The molecule has 0 amide bonds. The minimum atomic E-state index is 0.182. The van der Waals surface area contributed by atoms with Gasteiger partial charge < -0.3 is 10.1 Å². The molecule has 2 nitrogen and oxygen atoms in total. The van der Waals surface area contributed by atoms with Crippen LogP contribution in [0.5, 0.6) is 0 Å². The Morgan fingerprint density at radius 1 is 1.25 bits per heavy atom. The molecular formula is C18H29NO. The molecule has 1 saturated carbocycles. The van der Waals surface area contributed by atoms with Crippen LogP contribution in [0.4, 0.5) is 0 Å². The zero-order valence-electron chi connectivity index (χ0n) is 13.2. The predicted molar refractivity (Wildman–Crippen MR) is 85.0 cm³/mol. The maximum absolute atomic E-state index is 6.51. The number of likely N-dealkylation sites (N-methyl/N-ethyl adjacent to an activating group) is 1. The second kappa shape index (κ2) is 7.80. The molecule has 0 bridgehead atoms. The Balaban J connectivity index is 2.09. The summed E-state index contributed by atoms with van der Waals surface area (Å²) in [6.07, 6.45) is 5.82. The maximum atomic E-state index is 6.51. The van der Waals surface area contributed by atoms with E-state index in [1.165, 1.54) is 36.8 Å². The summed E-state index contributed by atoms with van der Waals surface area (Å²) in [5.41, 5.74) is 2.67. The van der Waals surface area contributed by atoms with Gasteiger partial charge in [0.25, 0.3) is 0 Å². The molecule has 0 aliphatic heterocycles. The van der Waals surface area contributed by atoms with E-state index in [1.54, 1.807) is 0 Å². The molecule has 1 N–H and O–H groups in total. The Bertz CT molecular complexity index is 404. The number of hydrogen-bond acceptors (Lipinski definition) is 2. The molecule has 1 aliphatic carbocycles. The van der Waals surface area contributed by atoms with Crippen molar-refractivity contribution in [2.24, 2.45) is 5.92 Å². The lowest BCUT2D eigenvalue weighted by atomic mass is 9.87. The van der Waals surface area contributed by atoms with E-state index in [0.29, 0.717) is 12.0 Å². The van der Waals surface area contributed by atoms with Crippen LogP contribution in [0.25, 0.3) is 0 Å². The number of benzene rings is 1. The molecule has 0 heterocycles. The minimum Gasteiger partial charge on any atom is -0.369 e. The molecule has 112 valence electrons. The van der Waals surface area contributed by atoms with E-state index >= 15 is 0 Å². The van der Waals surface area contributed by atoms with Gasteiger partial charge in [0.05, 0.1) is 12.2 Å². The highest BCUT2D eigenvalue weighted by Gasteiger charge is 2.26. The summed E-state index contributed by atoms with van der Waals surface area (Å²) >= 11 is 0. The summed E-state index contributed by atoms with van der Waals surface area (Å²) in [5, 5.41) is 3.45. The quantitative estimate of drug-likeness (QED) is 0.838. The van der Waals surface area contributed by atoms with E-state index in [2.05, 4.69) is 50.4 Å². The highest BCUT2D eigenvalue weighted by atomic mass is 16.5. The Hall–Kier alpha value is -0.860. The zero-order valence-corrected chi connectivity index (χ0v) is 13.2. The van der Waals surface area contributed by atoms with Crippen molar-refractivity contribution in [1.82, 2.24) is 5.32 Å². The fraction of sp³-hybridized carbons (Fsp3) is 0.667. The summed E-state index contributed by atoms with van der Waals surface area (Å²) in [6.45, 7) is 8.57. The van der Waals surface area contributed by atoms with E-state index in [4.69, 9.17) is 4.74 Å². The molecule has 0 saturated heterocycles. The van der Waals surface area contributed by atoms with Crippen molar-refractivity contribution in [3.8, 4) is 0 Å². The van der Waals surface area contributed by atoms with E-state index in [9.17, 15) is 0 Å². The second-order valence-corrected chi connectivity index (χ2v) is 6.09. The third-order valence-electron chi connectivity index (χ3n) is 4.49. The molecule has 1 fully saturated rings. The number of rotatable bonds is 6. The van der Waals surface area contributed by atoms with E-state index in [-0.39, 0.29) is 6.10 Å². The Morgan fingerprint density at radius 3 is 2.70 bits per heavy atom. The molecule has 1 aliphatic rings. The van der Waals surface area contributed by atoms with E-state index in [1.807, 2.05) is 0 Å². The zero-order chi connectivity index (χ0) is 14.4. The Kier molecular flexibility index (Phi) is 6.06. The van der Waals surface area contributed by atoms with Crippen LogP contribution >= 0.6 is 0 Å². The number of hydrogen-bond donors (Lipinski definition) is 1. The van der Waals surface area contributed by atoms with Crippen LogP contribution in [-0.2, 0) is 4.74 Å². The van der Waals surface area contributed by atoms with Crippen molar-refractivity contribution in [3.63, 3.8) is 0 Å². The highest BCUT2D eigenvalue weighted by molar-refractivity contribution is 5.28. The summed E-state index contributed by atoms with van der Waals surface area (Å²) in [4.78, 5) is 0. The lowest BCUT2D eigenvalue weighted by molar-refractivity contribution is -0.0564. The molecule has 0 aromatic heterocycles. The van der Waals surface area contributed by atoms with E-state index < -0.39 is 0 Å². The second-order valence-electron chi connectivity index (χ2n) is 6.09. The first-order chi connectivity index (χ1) is 9.72. The van der Waals surface area contributed by atoms with Gasteiger partial charge in [-0.25, -0.2) is 0 Å². The first-order valence-corrected chi connectivity index (χ1v) is 8.14. The number of ether oxygens (including phenoxy) is 1. The topological polar surface area (TPSA) is 21.3 Å². The van der Waals surface area contributed by atoms with Crippen LogP contribution in [0.1, 0.15) is 56.8 Å². The molecule has 3 unspecified atom stereocenters. The first kappa shape index (κ1) is 15.5. The monoisotopic (exact) mass is 275 g/mol. The fourth-order valence-corrected chi connectivity index (χ4v) is 3.15. The average molecular weight is 275 g/mol. The van der Waals surface area contributed by atoms with Gasteiger partial charge in [-0.15, -0.1) is 0 Å². The summed E-state index contributed by atoms with van der Waals surface area (Å²) in [5.74, 6) is 0.692. The van der Waals surface area contributed by atoms with Crippen molar-refractivity contribution < 1.29 is 4.74 Å². The smallest absolute Gasteiger partial charge is 0.0955 e. The Morgan fingerprint density at radius 2 is 2.00 bits per heavy atom. The van der Waals surface area contributed by atoms with Gasteiger partial charge in [0.15, 0.2) is 0 Å². The lowest BCUT2D eigenvalue weighted by Gasteiger charge is -2.33. The largest absolute Gasteiger partial charge is 0.369 e. The van der Waals surface area contributed by atoms with Gasteiger partial charge >= 0.3 is 0 Å². The summed E-state index contributed by atoms with van der Waals surface area (Å²) < 4.78 is 6.51. The van der Waals surface area contributed by atoms with Crippen LogP contribution in [0, 0.1) is 12.8 Å². The lowest BCUT2D eigenvalue weighted by Crippen LogP contribution is -2.32. The third kappa shape index (κ3) is 4.07. The van der Waals surface area contributed by atoms with Gasteiger partial charge in [0, 0.05) is 6.54 Å². The highest BCUT2D eigenvalue weighted by Crippen LogP contribution is 2.31. The molecule has 2 rings (SSSR count). The molecule has 0 spiro atoms. The van der Waals surface area contributed by atoms with Gasteiger partial charge in [-0.3, -0.25) is 0 Å². The van der Waals surface area contributed by atoms with Crippen molar-refractivity contribution in [2.75, 3.05) is 13.1 Å². The van der Waals surface area contributed by atoms with Crippen molar-refractivity contribution in [2.45, 2.75) is 58.7 Å². The van der Waals surface area contributed by atoms with Crippen LogP contribution in [0.2, 0.25) is 0 Å². The van der Waals surface area contributed by atoms with Crippen LogP contribution in [0.15, 0.2) is 24.3 Å². The van der Waals surface area contributed by atoms with Crippen molar-refractivity contribution in [3.05, 3.63) is 35.4 Å². The van der Waals surface area contributed by atoms with Crippen molar-refractivity contribution in [1.29, 1.82) is 0 Å². The summed E-state index contributed by atoms with van der Waals surface area (Å²) in [7, 11) is 0. The van der Waals surface area contributed by atoms with Gasteiger partial charge in [0.2, 0.25) is 0 Å². The van der Waals surface area contributed by atoms with Crippen LogP contribution in [0.3, 0.4) is 0 Å². The summed E-state index contributed by atoms with van der Waals surface area (Å²) in [6, 6.07) is 8.62. The van der Waals surface area contributed by atoms with Gasteiger partial charge in [-0.2, -0.15) is 0 Å². The molecule has 3 atom stereocenters. The molecule has 1 aromatic carbocycles. The molecule has 0 radical (unpaired) electrons. The number of nitrogens with one attached hydrogen (secondary N) is 1.